The smallest absolute Gasteiger partial charge is 0.270 e. The Balaban J connectivity index is 0.000000164. The summed E-state index contributed by atoms with van der Waals surface area (Å²) in [7, 11) is 2.95. The third kappa shape index (κ3) is 5.29. The van der Waals surface area contributed by atoms with Crippen LogP contribution < -0.4 is 20.6 Å². The number of benzene rings is 2. The minimum Gasteiger partial charge on any atom is -0.495 e. The van der Waals surface area contributed by atoms with Crippen molar-refractivity contribution in [3.05, 3.63) is 124 Å². The summed E-state index contributed by atoms with van der Waals surface area (Å²) in [5, 5.41) is 23.7. The molecule has 4 aromatic heterocycles. The second kappa shape index (κ2) is 12.9. The number of fused-ring (bicyclic) bond motifs is 10. The van der Waals surface area contributed by atoms with E-state index < -0.39 is 15.4 Å². The van der Waals surface area contributed by atoms with E-state index >= 15 is 0 Å². The van der Waals surface area contributed by atoms with Gasteiger partial charge in [-0.15, -0.1) is 0 Å². The molecular formula is C35H23BrN6O10. The van der Waals surface area contributed by atoms with Gasteiger partial charge in [-0.1, -0.05) is 15.9 Å². The number of carbonyl (C=O) groups excluding carboxylic acids is 2. The van der Waals surface area contributed by atoms with Crippen molar-refractivity contribution in [3.8, 4) is 34.3 Å². The molecule has 4 heterocycles. The van der Waals surface area contributed by atoms with Crippen LogP contribution in [0.15, 0.2) is 70.5 Å². The number of ketones is 2. The van der Waals surface area contributed by atoms with Gasteiger partial charge in [-0.25, -0.2) is 0 Å². The SMILES string of the molecule is COc1cnc2c(c1)C(=O)c1c-2[nH]c(=O)c2cc([N+](=O)[O-])ccc12.COc1cnc2c(c1)C(=O)c1c-2n(CCCBr)c(=O)c2cc([N+](=O)[O-])ccc12. The number of rotatable bonds is 7. The fourth-order valence-corrected chi connectivity index (χ4v) is 6.67. The van der Waals surface area contributed by atoms with Crippen LogP contribution >= 0.6 is 15.9 Å². The zero-order valence-corrected chi connectivity index (χ0v) is 28.7. The summed E-state index contributed by atoms with van der Waals surface area (Å²) < 4.78 is 11.7. The van der Waals surface area contributed by atoms with E-state index in [1.807, 2.05) is 0 Å². The van der Waals surface area contributed by atoms with E-state index in [4.69, 9.17) is 9.47 Å². The molecule has 2 aliphatic rings. The fraction of sp³-hybridized carbons (Fsp3) is 0.143. The van der Waals surface area contributed by atoms with Gasteiger partial charge in [0.05, 0.1) is 92.3 Å². The van der Waals surface area contributed by atoms with Crippen molar-refractivity contribution in [1.82, 2.24) is 19.5 Å². The molecule has 0 atom stereocenters. The van der Waals surface area contributed by atoms with Gasteiger partial charge < -0.3 is 19.0 Å². The van der Waals surface area contributed by atoms with Gasteiger partial charge in [0.1, 0.15) is 11.5 Å². The molecule has 6 aromatic rings. The number of nitro groups is 2. The molecule has 8 rings (SSSR count). The average Bonchev–Trinajstić information content (AvgIpc) is 3.60. The van der Waals surface area contributed by atoms with Crippen LogP contribution in [0.3, 0.4) is 0 Å². The number of non-ortho nitro benzene ring substituents is 2. The minimum absolute atomic E-state index is 0.0936. The molecule has 1 N–H and O–H groups in total. The van der Waals surface area contributed by atoms with E-state index in [-0.39, 0.29) is 44.8 Å². The van der Waals surface area contributed by atoms with E-state index in [2.05, 4.69) is 30.9 Å². The lowest BCUT2D eigenvalue weighted by Gasteiger charge is -2.14. The van der Waals surface area contributed by atoms with Crippen molar-refractivity contribution in [3.63, 3.8) is 0 Å². The third-order valence-electron chi connectivity index (χ3n) is 8.80. The summed E-state index contributed by atoms with van der Waals surface area (Å²) in [5.41, 5.74) is 1.58. The Labute approximate surface area is 299 Å². The number of aromatic amines is 1. The van der Waals surface area contributed by atoms with E-state index in [9.17, 15) is 39.4 Å². The van der Waals surface area contributed by atoms with Crippen LogP contribution in [-0.4, -0.2) is 60.5 Å². The van der Waals surface area contributed by atoms with Gasteiger partial charge in [0.2, 0.25) is 0 Å². The molecule has 0 bridgehead atoms. The highest BCUT2D eigenvalue weighted by atomic mass is 79.9. The van der Waals surface area contributed by atoms with Crippen LogP contribution in [0.25, 0.3) is 44.3 Å². The van der Waals surface area contributed by atoms with Crippen LogP contribution in [0.1, 0.15) is 38.3 Å². The molecule has 0 unspecified atom stereocenters. The largest absolute Gasteiger partial charge is 0.495 e. The quantitative estimate of drug-likeness (QED) is 0.123. The monoisotopic (exact) mass is 766 g/mol. The van der Waals surface area contributed by atoms with Crippen molar-refractivity contribution in [1.29, 1.82) is 0 Å². The van der Waals surface area contributed by atoms with E-state index in [1.165, 1.54) is 67.6 Å². The van der Waals surface area contributed by atoms with Gasteiger partial charge in [-0.3, -0.25) is 49.4 Å². The lowest BCUT2D eigenvalue weighted by atomic mass is 10.0. The average molecular weight is 768 g/mol. The number of ether oxygens (including phenoxy) is 2. The van der Waals surface area contributed by atoms with Gasteiger partial charge in [0.15, 0.2) is 11.6 Å². The Morgan fingerprint density at radius 1 is 0.750 bits per heavy atom. The zero-order chi connectivity index (χ0) is 37.0. The predicted octanol–water partition coefficient (Wildman–Crippen LogP) is 5.36. The number of H-pyrrole nitrogens is 1. The normalized spacial score (nSPS) is 12.1. The Bertz CT molecular complexity index is 2710. The molecule has 2 aromatic carbocycles. The molecule has 0 amide bonds. The number of carbonyl (C=O) groups is 2. The highest BCUT2D eigenvalue weighted by Crippen LogP contribution is 2.41. The van der Waals surface area contributed by atoms with Crippen LogP contribution in [0.4, 0.5) is 11.4 Å². The van der Waals surface area contributed by atoms with Crippen molar-refractivity contribution in [2.45, 2.75) is 13.0 Å². The first-order chi connectivity index (χ1) is 25.0. The molecule has 0 saturated carbocycles. The number of hydrogen-bond donors (Lipinski definition) is 1. The number of nitrogens with zero attached hydrogens (tertiary/aromatic N) is 5. The first kappa shape index (κ1) is 33.9. The van der Waals surface area contributed by atoms with Crippen LogP contribution in [0.2, 0.25) is 0 Å². The fourth-order valence-electron chi connectivity index (χ4n) is 6.42. The summed E-state index contributed by atoms with van der Waals surface area (Å²) in [6, 6.07) is 11.0. The lowest BCUT2D eigenvalue weighted by Crippen LogP contribution is -2.24. The standard InChI is InChI=1S/C19H14BrN3O5.C16H9N3O5/c1-28-11-8-14-16(21-9-11)17-15(18(14)24)12-4-3-10(23(26)27)7-13(12)19(25)22(17)6-2-5-20;1-24-8-5-11-13(17-6-8)14-12(15(11)20)9-3-2-7(19(22)23)4-10(9)16(21)18-14/h3-4,7-9H,2,5-6H2,1H3;2-6H,1H3,(H,18,21). The number of nitrogens with one attached hydrogen (secondary N) is 1. The Hall–Kier alpha value is -6.62. The number of hydrogen-bond acceptors (Lipinski definition) is 12. The van der Waals surface area contributed by atoms with Crippen molar-refractivity contribution < 1.29 is 28.9 Å². The number of methoxy groups -OCH3 is 2. The summed E-state index contributed by atoms with van der Waals surface area (Å²) in [6.45, 7) is 0.353. The van der Waals surface area contributed by atoms with Gasteiger partial charge in [0, 0.05) is 46.9 Å². The van der Waals surface area contributed by atoms with Gasteiger partial charge in [-0.05, 0) is 30.7 Å². The maximum atomic E-state index is 13.2. The maximum Gasteiger partial charge on any atom is 0.270 e. The molecule has 2 aliphatic carbocycles. The first-order valence-corrected chi connectivity index (χ1v) is 16.5. The van der Waals surface area contributed by atoms with Crippen LogP contribution in [0.5, 0.6) is 11.5 Å². The lowest BCUT2D eigenvalue weighted by molar-refractivity contribution is -0.384. The van der Waals surface area contributed by atoms with Crippen molar-refractivity contribution in [2.24, 2.45) is 0 Å². The predicted molar refractivity (Wildman–Crippen MR) is 191 cm³/mol. The number of aromatic nitrogens is 4. The number of halogens is 1. The molecule has 17 heteroatoms. The van der Waals surface area contributed by atoms with Gasteiger partial charge >= 0.3 is 0 Å². The summed E-state index contributed by atoms with van der Waals surface area (Å²) >= 11 is 3.35. The van der Waals surface area contributed by atoms with Crippen LogP contribution in [-0.2, 0) is 6.54 Å². The molecule has 16 nitrogen and oxygen atoms in total. The number of nitro benzene ring substituents is 2. The Kier molecular flexibility index (Phi) is 8.42. The second-order valence-electron chi connectivity index (χ2n) is 11.6. The van der Waals surface area contributed by atoms with E-state index in [0.717, 1.165) is 0 Å². The highest BCUT2D eigenvalue weighted by molar-refractivity contribution is 9.09. The first-order valence-electron chi connectivity index (χ1n) is 15.4. The molecule has 0 radical (unpaired) electrons. The number of alkyl halides is 1. The molecular weight excluding hydrogens is 744 g/mol. The van der Waals surface area contributed by atoms with Crippen molar-refractivity contribution in [2.75, 3.05) is 19.5 Å². The third-order valence-corrected chi connectivity index (χ3v) is 9.36. The molecule has 260 valence electrons. The topological polar surface area (TPSA) is 220 Å². The van der Waals surface area contributed by atoms with Gasteiger partial charge in [0.25, 0.3) is 22.5 Å². The highest BCUT2D eigenvalue weighted by Gasteiger charge is 2.35. The molecule has 0 saturated heterocycles. The molecule has 0 aliphatic heterocycles. The zero-order valence-electron chi connectivity index (χ0n) is 27.1. The molecule has 0 spiro atoms. The number of pyridine rings is 4. The minimum atomic E-state index is -0.588. The summed E-state index contributed by atoms with van der Waals surface area (Å²) in [4.78, 5) is 83.5. The van der Waals surface area contributed by atoms with Crippen LogP contribution in [0, 0.1) is 20.2 Å². The van der Waals surface area contributed by atoms with E-state index in [0.29, 0.717) is 80.0 Å². The molecule has 52 heavy (non-hydrogen) atoms. The maximum absolute atomic E-state index is 13.2. The second-order valence-corrected chi connectivity index (χ2v) is 12.4. The molecule has 0 fully saturated rings. The summed E-state index contributed by atoms with van der Waals surface area (Å²) in [5.74, 6) is 0.288. The Morgan fingerprint density at radius 2 is 1.29 bits per heavy atom. The van der Waals surface area contributed by atoms with Gasteiger partial charge in [-0.2, -0.15) is 0 Å². The van der Waals surface area contributed by atoms with Crippen molar-refractivity contribution >= 4 is 60.4 Å². The summed E-state index contributed by atoms with van der Waals surface area (Å²) in [6.07, 6.45) is 3.60. The Morgan fingerprint density at radius 3 is 1.87 bits per heavy atom. The van der Waals surface area contributed by atoms with E-state index in [1.54, 1.807) is 12.1 Å².